The summed E-state index contributed by atoms with van der Waals surface area (Å²) in [6.45, 7) is 11.6. The highest BCUT2D eigenvalue weighted by atomic mass is 16.7. The first-order valence-electron chi connectivity index (χ1n) is 9.49. The van der Waals surface area contributed by atoms with Crippen molar-refractivity contribution in [3.63, 3.8) is 0 Å². The Morgan fingerprint density at radius 1 is 1.08 bits per heavy atom. The topological polar surface area (TPSA) is 59.2 Å². The lowest BCUT2D eigenvalue weighted by molar-refractivity contribution is 0.00578. The molecule has 2 fully saturated rings. The average molecular weight is 353 g/mol. The number of hydrogen-bond acceptors (Lipinski definition) is 4. The average Bonchev–Trinajstić information content (AvgIpc) is 3.26. The molecule has 0 bridgehead atoms. The van der Waals surface area contributed by atoms with Crippen molar-refractivity contribution in [1.82, 2.24) is 15.3 Å². The van der Waals surface area contributed by atoms with E-state index in [0.29, 0.717) is 12.0 Å². The van der Waals surface area contributed by atoms with E-state index in [1.165, 1.54) is 0 Å². The summed E-state index contributed by atoms with van der Waals surface area (Å²) in [5, 5.41) is 3.52. The quantitative estimate of drug-likeness (QED) is 0.833. The van der Waals surface area contributed by atoms with E-state index in [0.717, 1.165) is 35.5 Å². The lowest BCUT2D eigenvalue weighted by Crippen LogP contribution is -2.41. The largest absolute Gasteiger partial charge is 0.494 e. The molecule has 26 heavy (non-hydrogen) atoms. The Morgan fingerprint density at radius 3 is 2.31 bits per heavy atom. The van der Waals surface area contributed by atoms with Crippen LogP contribution < -0.4 is 10.8 Å². The van der Waals surface area contributed by atoms with Crippen LogP contribution in [0.15, 0.2) is 30.5 Å². The maximum absolute atomic E-state index is 6.13. The van der Waals surface area contributed by atoms with Gasteiger partial charge in [-0.25, -0.2) is 4.98 Å². The van der Waals surface area contributed by atoms with Crippen molar-refractivity contribution < 1.29 is 9.31 Å². The molecule has 4 rings (SSSR count). The number of hydrogen-bond donors (Lipinski definition) is 2. The number of H-pyrrole nitrogens is 1. The minimum atomic E-state index is -0.324. The molecule has 1 aromatic carbocycles. The van der Waals surface area contributed by atoms with Crippen molar-refractivity contribution >= 4 is 12.6 Å². The predicted octanol–water partition coefficient (Wildman–Crippen LogP) is 3.05. The number of rotatable bonds is 3. The summed E-state index contributed by atoms with van der Waals surface area (Å²) >= 11 is 0. The molecule has 0 aliphatic carbocycles. The highest BCUT2D eigenvalue weighted by Crippen LogP contribution is 2.36. The summed E-state index contributed by atoms with van der Waals surface area (Å²) in [6.07, 6.45) is 3.05. The second-order valence-electron chi connectivity index (χ2n) is 8.69. The lowest BCUT2D eigenvalue weighted by atomic mass is 9.79. The normalized spacial score (nSPS) is 27.2. The smallest absolute Gasteiger partial charge is 0.399 e. The second-order valence-corrected chi connectivity index (χ2v) is 8.69. The summed E-state index contributed by atoms with van der Waals surface area (Å²) in [5.74, 6) is 1.73. The van der Waals surface area contributed by atoms with Crippen LogP contribution in [0, 0.1) is 5.92 Å². The van der Waals surface area contributed by atoms with Gasteiger partial charge in [0.05, 0.1) is 29.1 Å². The minimum Gasteiger partial charge on any atom is -0.399 e. The Balaban J connectivity index is 1.50. The van der Waals surface area contributed by atoms with E-state index in [2.05, 4.69) is 74.2 Å². The molecule has 2 N–H and O–H groups in total. The SMILES string of the molecule is C[C@@H]1CNC(c2ncc(-c3ccc(B4OC(C)(C)C(C)(C)O4)cc3)[nH]2)C1. The van der Waals surface area contributed by atoms with E-state index in [1.54, 1.807) is 0 Å². The van der Waals surface area contributed by atoms with Crippen molar-refractivity contribution in [2.75, 3.05) is 6.54 Å². The zero-order valence-electron chi connectivity index (χ0n) is 16.3. The molecule has 1 unspecified atom stereocenters. The molecule has 2 atom stereocenters. The number of aromatic amines is 1. The van der Waals surface area contributed by atoms with E-state index in [9.17, 15) is 0 Å². The number of imidazole rings is 1. The van der Waals surface area contributed by atoms with Crippen LogP contribution in [0.4, 0.5) is 0 Å². The second kappa shape index (κ2) is 6.22. The summed E-state index contributed by atoms with van der Waals surface area (Å²) in [6, 6.07) is 8.69. The fraction of sp³-hybridized carbons (Fsp3) is 0.550. The molecule has 2 aliphatic heterocycles. The lowest BCUT2D eigenvalue weighted by Gasteiger charge is -2.32. The minimum absolute atomic E-state index is 0.319. The van der Waals surface area contributed by atoms with Crippen molar-refractivity contribution in [2.45, 2.75) is 58.3 Å². The molecule has 0 radical (unpaired) electrons. The van der Waals surface area contributed by atoms with Crippen molar-refractivity contribution in [2.24, 2.45) is 5.92 Å². The Kier molecular flexibility index (Phi) is 4.25. The van der Waals surface area contributed by atoms with Crippen LogP contribution in [0.25, 0.3) is 11.3 Å². The van der Waals surface area contributed by atoms with Gasteiger partial charge in [-0.05, 0) is 57.6 Å². The highest BCUT2D eigenvalue weighted by Gasteiger charge is 2.51. The van der Waals surface area contributed by atoms with Crippen molar-refractivity contribution in [3.8, 4) is 11.3 Å². The fourth-order valence-corrected chi connectivity index (χ4v) is 3.58. The molecule has 0 spiro atoms. The third-order valence-corrected chi connectivity index (χ3v) is 6.02. The van der Waals surface area contributed by atoms with Gasteiger partial charge in [-0.3, -0.25) is 0 Å². The van der Waals surface area contributed by atoms with E-state index in [4.69, 9.17) is 9.31 Å². The monoisotopic (exact) mass is 353 g/mol. The first-order chi connectivity index (χ1) is 12.2. The summed E-state index contributed by atoms with van der Waals surface area (Å²) in [4.78, 5) is 8.05. The molecular weight excluding hydrogens is 325 g/mol. The van der Waals surface area contributed by atoms with Gasteiger partial charge in [-0.1, -0.05) is 31.2 Å². The molecule has 6 heteroatoms. The van der Waals surface area contributed by atoms with Gasteiger partial charge in [-0.2, -0.15) is 0 Å². The molecule has 0 amide bonds. The standard InChI is InChI=1S/C20H28BN3O2/c1-13-10-16(22-11-13)18-23-12-17(24-18)14-6-8-15(9-7-14)21-25-19(2,3)20(4,5)26-21/h6-9,12-13,16,22H,10-11H2,1-5H3,(H,23,24)/t13-,16?/m0/s1. The van der Waals surface area contributed by atoms with Crippen LogP contribution in [0.3, 0.4) is 0 Å². The van der Waals surface area contributed by atoms with Gasteiger partial charge < -0.3 is 19.6 Å². The van der Waals surface area contributed by atoms with Gasteiger partial charge in [0.15, 0.2) is 0 Å². The Morgan fingerprint density at radius 2 is 1.73 bits per heavy atom. The first-order valence-corrected chi connectivity index (χ1v) is 9.49. The Bertz CT molecular complexity index is 769. The number of nitrogens with zero attached hydrogens (tertiary/aromatic N) is 1. The maximum atomic E-state index is 6.13. The van der Waals surface area contributed by atoms with Crippen LogP contribution in [-0.4, -0.2) is 34.8 Å². The fourth-order valence-electron chi connectivity index (χ4n) is 3.58. The molecule has 0 saturated carbocycles. The molecular formula is C20H28BN3O2. The van der Waals surface area contributed by atoms with Gasteiger partial charge in [0.25, 0.3) is 0 Å². The summed E-state index contributed by atoms with van der Waals surface area (Å²) < 4.78 is 12.3. The van der Waals surface area contributed by atoms with Crippen LogP contribution in [-0.2, 0) is 9.31 Å². The van der Waals surface area contributed by atoms with E-state index in [1.807, 2.05) is 6.20 Å². The van der Waals surface area contributed by atoms with Crippen LogP contribution in [0.5, 0.6) is 0 Å². The molecule has 5 nitrogen and oxygen atoms in total. The molecule has 138 valence electrons. The van der Waals surface area contributed by atoms with Gasteiger partial charge in [0.1, 0.15) is 5.82 Å². The number of nitrogens with one attached hydrogen (secondary N) is 2. The van der Waals surface area contributed by atoms with Crippen molar-refractivity contribution in [3.05, 3.63) is 36.3 Å². The van der Waals surface area contributed by atoms with Crippen LogP contribution >= 0.6 is 0 Å². The first kappa shape index (κ1) is 17.8. The number of benzene rings is 1. The summed E-state index contributed by atoms with van der Waals surface area (Å²) in [5.41, 5.74) is 2.57. The molecule has 2 aromatic rings. The predicted molar refractivity (Wildman–Crippen MR) is 104 cm³/mol. The molecule has 1 aromatic heterocycles. The maximum Gasteiger partial charge on any atom is 0.494 e. The molecule has 2 saturated heterocycles. The van der Waals surface area contributed by atoms with E-state index < -0.39 is 0 Å². The summed E-state index contributed by atoms with van der Waals surface area (Å²) in [7, 11) is -0.324. The van der Waals surface area contributed by atoms with Gasteiger partial charge in [-0.15, -0.1) is 0 Å². The zero-order valence-corrected chi connectivity index (χ0v) is 16.3. The van der Waals surface area contributed by atoms with Gasteiger partial charge in [0.2, 0.25) is 0 Å². The van der Waals surface area contributed by atoms with Gasteiger partial charge in [0, 0.05) is 0 Å². The van der Waals surface area contributed by atoms with E-state index in [-0.39, 0.29) is 18.3 Å². The number of aromatic nitrogens is 2. The third kappa shape index (κ3) is 3.11. The van der Waals surface area contributed by atoms with Crippen molar-refractivity contribution in [1.29, 1.82) is 0 Å². The van der Waals surface area contributed by atoms with E-state index >= 15 is 0 Å². The molecule has 3 heterocycles. The highest BCUT2D eigenvalue weighted by molar-refractivity contribution is 6.62. The third-order valence-electron chi connectivity index (χ3n) is 6.02. The van der Waals surface area contributed by atoms with Gasteiger partial charge >= 0.3 is 7.12 Å². The Labute approximate surface area is 156 Å². The van der Waals surface area contributed by atoms with Crippen LogP contribution in [0.2, 0.25) is 0 Å². The molecule has 2 aliphatic rings. The Hall–Kier alpha value is -1.63. The van der Waals surface area contributed by atoms with Crippen LogP contribution in [0.1, 0.15) is 52.9 Å². The zero-order chi connectivity index (χ0) is 18.5.